The van der Waals surface area contributed by atoms with Crippen LogP contribution in [0.5, 0.6) is 28.7 Å². The van der Waals surface area contributed by atoms with Gasteiger partial charge in [0, 0.05) is 35.1 Å². The summed E-state index contributed by atoms with van der Waals surface area (Å²) in [4.78, 5) is 11.5. The van der Waals surface area contributed by atoms with Crippen LogP contribution in [0.15, 0.2) is 42.5 Å². The molecule has 0 N–H and O–H groups in total. The Balaban J connectivity index is 1.95. The van der Waals surface area contributed by atoms with Crippen molar-refractivity contribution in [2.75, 3.05) is 35.5 Å². The summed E-state index contributed by atoms with van der Waals surface area (Å²) >= 11 is 0. The highest BCUT2D eigenvalue weighted by Gasteiger charge is 2.25. The summed E-state index contributed by atoms with van der Waals surface area (Å²) in [7, 11) is 8.01. The Kier molecular flexibility index (Phi) is 7.83. The molecule has 3 rings (SSSR count). The second-order valence-electron chi connectivity index (χ2n) is 7.55. The normalized spacial score (nSPS) is 10.5. The largest absolute Gasteiger partial charge is 0.496 e. The number of ether oxygens (including phenoxy) is 5. The fourth-order valence-corrected chi connectivity index (χ4v) is 4.12. The average molecular weight is 451 g/mol. The lowest BCUT2D eigenvalue weighted by Gasteiger charge is -2.21. The minimum Gasteiger partial charge on any atom is -0.496 e. The number of methoxy groups -OCH3 is 5. The van der Waals surface area contributed by atoms with Gasteiger partial charge in [0.25, 0.3) is 0 Å². The minimum atomic E-state index is 0.506. The van der Waals surface area contributed by atoms with Crippen LogP contribution in [0, 0.1) is 6.92 Å². The number of rotatable bonds is 10. The quantitative estimate of drug-likeness (QED) is 0.404. The van der Waals surface area contributed by atoms with Crippen molar-refractivity contribution in [3.63, 3.8) is 0 Å². The van der Waals surface area contributed by atoms with E-state index in [1.165, 1.54) is 0 Å². The summed E-state index contributed by atoms with van der Waals surface area (Å²) in [5, 5.41) is 0. The van der Waals surface area contributed by atoms with Gasteiger partial charge >= 0.3 is 0 Å². The highest BCUT2D eigenvalue weighted by atomic mass is 16.5. The number of benzene rings is 3. The summed E-state index contributed by atoms with van der Waals surface area (Å²) in [5.74, 6) is 2.98. The molecule has 3 aromatic carbocycles. The van der Waals surface area contributed by atoms with Crippen LogP contribution in [-0.4, -0.2) is 41.8 Å². The van der Waals surface area contributed by atoms with E-state index in [9.17, 15) is 4.79 Å². The fourth-order valence-electron chi connectivity index (χ4n) is 4.12. The van der Waals surface area contributed by atoms with E-state index >= 15 is 0 Å². The molecule has 0 saturated heterocycles. The van der Waals surface area contributed by atoms with Gasteiger partial charge in [-0.2, -0.15) is 0 Å². The molecule has 0 amide bonds. The van der Waals surface area contributed by atoms with Gasteiger partial charge in [0.2, 0.25) is 11.5 Å². The Morgan fingerprint density at radius 1 is 0.636 bits per heavy atom. The highest BCUT2D eigenvalue weighted by Crippen LogP contribution is 2.49. The molecule has 174 valence electrons. The maximum Gasteiger partial charge on any atom is 0.207 e. The van der Waals surface area contributed by atoms with Crippen molar-refractivity contribution < 1.29 is 28.5 Å². The van der Waals surface area contributed by atoms with Gasteiger partial charge in [0.1, 0.15) is 12.0 Å². The van der Waals surface area contributed by atoms with Crippen molar-refractivity contribution >= 4 is 6.29 Å². The molecule has 0 fully saturated rings. The van der Waals surface area contributed by atoms with Crippen LogP contribution in [-0.2, 0) is 12.8 Å². The summed E-state index contributed by atoms with van der Waals surface area (Å²) in [6.07, 6.45) is 2.09. The van der Waals surface area contributed by atoms with Crippen molar-refractivity contribution in [1.29, 1.82) is 0 Å². The van der Waals surface area contributed by atoms with E-state index in [4.69, 9.17) is 23.7 Å². The van der Waals surface area contributed by atoms with Crippen LogP contribution in [0.2, 0.25) is 0 Å². The number of hydrogen-bond donors (Lipinski definition) is 0. The van der Waals surface area contributed by atoms with Gasteiger partial charge in [0.15, 0.2) is 11.5 Å². The van der Waals surface area contributed by atoms with E-state index < -0.39 is 0 Å². The van der Waals surface area contributed by atoms with Crippen molar-refractivity contribution in [2.45, 2.75) is 19.8 Å². The molecule has 0 aliphatic carbocycles. The smallest absolute Gasteiger partial charge is 0.207 e. The molecule has 6 heteroatoms. The molecule has 0 aliphatic rings. The van der Waals surface area contributed by atoms with Crippen LogP contribution in [0.4, 0.5) is 0 Å². The number of carbonyl (C=O) groups is 1. The van der Waals surface area contributed by atoms with Crippen LogP contribution in [0.1, 0.15) is 38.2 Å². The van der Waals surface area contributed by atoms with E-state index in [1.54, 1.807) is 41.6 Å². The first-order chi connectivity index (χ1) is 16.0. The summed E-state index contributed by atoms with van der Waals surface area (Å²) in [6, 6.07) is 13.8. The molecule has 3 aromatic rings. The summed E-state index contributed by atoms with van der Waals surface area (Å²) in [5.41, 5.74) is 5.60. The molecular formula is C27H30O6. The zero-order chi connectivity index (χ0) is 24.0. The van der Waals surface area contributed by atoms with Gasteiger partial charge in [0.05, 0.1) is 35.5 Å². The van der Waals surface area contributed by atoms with Crippen LogP contribution < -0.4 is 23.7 Å². The first-order valence-electron chi connectivity index (χ1n) is 10.6. The SMILES string of the molecule is COc1cccc(C=O)c1Cc1ccc(Cc2c(C)c(OC)c(OC)c(OC)c2OC)cc1. The third kappa shape index (κ3) is 4.75. The van der Waals surface area contributed by atoms with Gasteiger partial charge in [-0.3, -0.25) is 4.79 Å². The zero-order valence-corrected chi connectivity index (χ0v) is 20.0. The molecule has 6 nitrogen and oxygen atoms in total. The van der Waals surface area contributed by atoms with Gasteiger partial charge in [-0.15, -0.1) is 0 Å². The zero-order valence-electron chi connectivity index (χ0n) is 20.0. The second kappa shape index (κ2) is 10.8. The predicted octanol–water partition coefficient (Wildman–Crippen LogP) is 5.03. The second-order valence-corrected chi connectivity index (χ2v) is 7.55. The Hall–Kier alpha value is -3.67. The van der Waals surface area contributed by atoms with Crippen molar-refractivity contribution in [1.82, 2.24) is 0 Å². The predicted molar refractivity (Wildman–Crippen MR) is 128 cm³/mol. The Bertz CT molecular complexity index is 1120. The summed E-state index contributed by atoms with van der Waals surface area (Å²) in [6.45, 7) is 1.98. The van der Waals surface area contributed by atoms with Crippen LogP contribution in [0.3, 0.4) is 0 Å². The van der Waals surface area contributed by atoms with Crippen molar-refractivity contribution in [2.24, 2.45) is 0 Å². The molecule has 0 radical (unpaired) electrons. The molecule has 0 spiro atoms. The lowest BCUT2D eigenvalue weighted by Crippen LogP contribution is -2.05. The van der Waals surface area contributed by atoms with Crippen LogP contribution >= 0.6 is 0 Å². The molecule has 0 atom stereocenters. The molecule has 0 heterocycles. The van der Waals surface area contributed by atoms with Gasteiger partial charge in [-0.05, 0) is 24.1 Å². The van der Waals surface area contributed by atoms with E-state index in [0.717, 1.165) is 34.1 Å². The third-order valence-corrected chi connectivity index (χ3v) is 5.80. The maximum absolute atomic E-state index is 11.5. The van der Waals surface area contributed by atoms with Crippen LogP contribution in [0.25, 0.3) is 0 Å². The van der Waals surface area contributed by atoms with E-state index in [0.29, 0.717) is 47.2 Å². The number of aldehydes is 1. The Labute approximate surface area is 195 Å². The standard InChI is InChI=1S/C27H30O6/c1-17-21(25(31-4)27(33-6)26(32-5)24(17)30-3)14-18-10-12-19(13-11-18)15-22-20(16-28)8-7-9-23(22)29-2/h7-13,16H,14-15H2,1-6H3. The highest BCUT2D eigenvalue weighted by molar-refractivity contribution is 5.79. The van der Waals surface area contributed by atoms with Gasteiger partial charge in [-0.25, -0.2) is 0 Å². The third-order valence-electron chi connectivity index (χ3n) is 5.80. The lowest BCUT2D eigenvalue weighted by molar-refractivity contribution is 0.112. The minimum absolute atomic E-state index is 0.506. The Morgan fingerprint density at radius 2 is 1.15 bits per heavy atom. The van der Waals surface area contributed by atoms with Gasteiger partial charge < -0.3 is 23.7 Å². The Morgan fingerprint density at radius 3 is 1.64 bits per heavy atom. The molecule has 0 saturated carbocycles. The molecule has 0 unspecified atom stereocenters. The van der Waals surface area contributed by atoms with E-state index in [-0.39, 0.29) is 0 Å². The lowest BCUT2D eigenvalue weighted by atomic mass is 9.95. The average Bonchev–Trinajstić information content (AvgIpc) is 2.85. The van der Waals surface area contributed by atoms with Gasteiger partial charge in [-0.1, -0.05) is 36.4 Å². The van der Waals surface area contributed by atoms with Crippen molar-refractivity contribution in [3.05, 3.63) is 75.8 Å². The first-order valence-corrected chi connectivity index (χ1v) is 10.6. The number of carbonyl (C=O) groups excluding carboxylic acids is 1. The maximum atomic E-state index is 11.5. The molecular weight excluding hydrogens is 420 g/mol. The monoisotopic (exact) mass is 450 g/mol. The van der Waals surface area contributed by atoms with E-state index in [1.807, 2.05) is 19.1 Å². The first kappa shape index (κ1) is 24.0. The topological polar surface area (TPSA) is 63.2 Å². The van der Waals surface area contributed by atoms with E-state index in [2.05, 4.69) is 24.3 Å². The molecule has 0 aliphatic heterocycles. The fraction of sp³-hybridized carbons (Fsp3) is 0.296. The molecule has 0 aromatic heterocycles. The molecule has 33 heavy (non-hydrogen) atoms. The summed E-state index contributed by atoms with van der Waals surface area (Å²) < 4.78 is 27.9. The molecule has 0 bridgehead atoms. The number of hydrogen-bond acceptors (Lipinski definition) is 6. The van der Waals surface area contributed by atoms with Crippen molar-refractivity contribution in [3.8, 4) is 28.7 Å².